The average molecular weight is 496 g/mol. The Morgan fingerprint density at radius 2 is 1.78 bits per heavy atom. The molecule has 0 atom stereocenters. The Bertz CT molecular complexity index is 1410. The highest BCUT2D eigenvalue weighted by Crippen LogP contribution is 2.30. The van der Waals surface area contributed by atoms with E-state index in [4.69, 9.17) is 0 Å². The quantitative estimate of drug-likeness (QED) is 0.395. The van der Waals surface area contributed by atoms with Gasteiger partial charge in [0.25, 0.3) is 0 Å². The summed E-state index contributed by atoms with van der Waals surface area (Å²) in [5, 5.41) is 6.22. The second kappa shape index (κ2) is 9.87. The van der Waals surface area contributed by atoms with Gasteiger partial charge in [-0.2, -0.15) is 0 Å². The van der Waals surface area contributed by atoms with Crippen molar-refractivity contribution >= 4 is 22.7 Å². The SMILES string of the molecule is Cc1nc2c(F)cc(-c3nc(Nc4ccc(CN5CCNCC5)c(F)c4)ncc3F)cc2n1C(C)C. The predicted molar refractivity (Wildman–Crippen MR) is 134 cm³/mol. The Kier molecular flexibility index (Phi) is 6.63. The first kappa shape index (κ1) is 24.2. The zero-order valence-corrected chi connectivity index (χ0v) is 20.4. The van der Waals surface area contributed by atoms with E-state index in [9.17, 15) is 13.2 Å². The third-order valence-corrected chi connectivity index (χ3v) is 6.37. The smallest absolute Gasteiger partial charge is 0.227 e. The molecule has 0 amide bonds. The van der Waals surface area contributed by atoms with Crippen molar-refractivity contribution in [2.24, 2.45) is 0 Å². The van der Waals surface area contributed by atoms with Crippen LogP contribution in [0, 0.1) is 24.4 Å². The van der Waals surface area contributed by atoms with E-state index in [0.29, 0.717) is 29.1 Å². The number of hydrogen-bond donors (Lipinski definition) is 2. The fraction of sp³-hybridized carbons (Fsp3) is 0.346. The van der Waals surface area contributed by atoms with Crippen molar-refractivity contribution in [3.8, 4) is 11.3 Å². The zero-order valence-electron chi connectivity index (χ0n) is 20.4. The molecule has 36 heavy (non-hydrogen) atoms. The molecule has 10 heteroatoms. The maximum absolute atomic E-state index is 14.9. The van der Waals surface area contributed by atoms with E-state index in [0.717, 1.165) is 32.4 Å². The molecule has 0 aliphatic carbocycles. The maximum atomic E-state index is 14.9. The van der Waals surface area contributed by atoms with Gasteiger partial charge < -0.3 is 15.2 Å². The molecule has 1 fully saturated rings. The third-order valence-electron chi connectivity index (χ3n) is 6.37. The highest BCUT2D eigenvalue weighted by molar-refractivity contribution is 5.83. The third kappa shape index (κ3) is 4.78. The van der Waals surface area contributed by atoms with Gasteiger partial charge in [0, 0.05) is 55.6 Å². The van der Waals surface area contributed by atoms with Crippen LogP contribution in [0.1, 0.15) is 31.3 Å². The second-order valence-electron chi connectivity index (χ2n) is 9.30. The van der Waals surface area contributed by atoms with Crippen molar-refractivity contribution in [2.45, 2.75) is 33.4 Å². The Labute approximate surface area is 207 Å². The molecule has 0 saturated carbocycles. The molecule has 3 heterocycles. The number of anilines is 2. The molecule has 5 rings (SSSR count). The van der Waals surface area contributed by atoms with Crippen molar-refractivity contribution in [2.75, 3.05) is 31.5 Å². The van der Waals surface area contributed by atoms with Crippen molar-refractivity contribution < 1.29 is 13.2 Å². The van der Waals surface area contributed by atoms with Gasteiger partial charge in [-0.15, -0.1) is 0 Å². The molecule has 0 spiro atoms. The summed E-state index contributed by atoms with van der Waals surface area (Å²) < 4.78 is 46.4. The molecule has 1 aliphatic heterocycles. The van der Waals surface area contributed by atoms with E-state index < -0.39 is 11.6 Å². The molecular weight excluding hydrogens is 467 g/mol. The topological polar surface area (TPSA) is 70.9 Å². The average Bonchev–Trinajstić information content (AvgIpc) is 3.19. The first-order valence-corrected chi connectivity index (χ1v) is 12.0. The van der Waals surface area contributed by atoms with Gasteiger partial charge >= 0.3 is 0 Å². The molecule has 2 N–H and O–H groups in total. The number of aromatic nitrogens is 4. The van der Waals surface area contributed by atoms with Crippen LogP contribution in [0.3, 0.4) is 0 Å². The van der Waals surface area contributed by atoms with Gasteiger partial charge in [-0.25, -0.2) is 28.1 Å². The van der Waals surface area contributed by atoms with Crippen LogP contribution >= 0.6 is 0 Å². The molecule has 2 aromatic carbocycles. The fourth-order valence-electron chi connectivity index (χ4n) is 4.68. The molecule has 0 radical (unpaired) electrons. The van der Waals surface area contributed by atoms with Gasteiger partial charge in [0.2, 0.25) is 5.95 Å². The van der Waals surface area contributed by atoms with Crippen molar-refractivity contribution in [1.82, 2.24) is 29.7 Å². The molecule has 7 nitrogen and oxygen atoms in total. The number of piperazine rings is 1. The lowest BCUT2D eigenvalue weighted by atomic mass is 10.1. The second-order valence-corrected chi connectivity index (χ2v) is 9.30. The van der Waals surface area contributed by atoms with Crippen LogP contribution in [0.15, 0.2) is 36.5 Å². The highest BCUT2D eigenvalue weighted by Gasteiger charge is 2.19. The van der Waals surface area contributed by atoms with E-state index in [1.807, 2.05) is 18.4 Å². The van der Waals surface area contributed by atoms with Crippen LogP contribution in [0.5, 0.6) is 0 Å². The normalized spacial score (nSPS) is 14.6. The highest BCUT2D eigenvalue weighted by atomic mass is 19.1. The van der Waals surface area contributed by atoms with Crippen LogP contribution in [-0.2, 0) is 6.54 Å². The summed E-state index contributed by atoms with van der Waals surface area (Å²) in [7, 11) is 0. The van der Waals surface area contributed by atoms with Gasteiger partial charge in [0.15, 0.2) is 11.6 Å². The summed E-state index contributed by atoms with van der Waals surface area (Å²) in [4.78, 5) is 14.8. The number of nitrogens with zero attached hydrogens (tertiary/aromatic N) is 5. The van der Waals surface area contributed by atoms with Crippen LogP contribution in [-0.4, -0.2) is 50.6 Å². The Morgan fingerprint density at radius 3 is 2.50 bits per heavy atom. The summed E-state index contributed by atoms with van der Waals surface area (Å²) in [6.07, 6.45) is 1.02. The minimum absolute atomic E-state index is 0.0431. The number of rotatable bonds is 6. The minimum atomic E-state index is -0.691. The molecule has 1 aliphatic rings. The summed E-state index contributed by atoms with van der Waals surface area (Å²) in [5.41, 5.74) is 2.04. The van der Waals surface area contributed by atoms with Crippen molar-refractivity contribution in [3.05, 3.63) is 65.4 Å². The lowest BCUT2D eigenvalue weighted by molar-refractivity contribution is 0.230. The van der Waals surface area contributed by atoms with Crippen molar-refractivity contribution in [3.63, 3.8) is 0 Å². The Morgan fingerprint density at radius 1 is 1.00 bits per heavy atom. The summed E-state index contributed by atoms with van der Waals surface area (Å²) in [5.74, 6) is -0.840. The molecule has 2 aromatic heterocycles. The van der Waals surface area contributed by atoms with E-state index >= 15 is 0 Å². The number of hydrogen-bond acceptors (Lipinski definition) is 6. The first-order valence-electron chi connectivity index (χ1n) is 12.0. The van der Waals surface area contributed by atoms with Crippen LogP contribution in [0.4, 0.5) is 24.8 Å². The van der Waals surface area contributed by atoms with Gasteiger partial charge in [-0.05, 0) is 45.0 Å². The first-order chi connectivity index (χ1) is 17.3. The Balaban J connectivity index is 1.43. The van der Waals surface area contributed by atoms with E-state index in [1.54, 1.807) is 25.1 Å². The Hall–Kier alpha value is -3.50. The van der Waals surface area contributed by atoms with Gasteiger partial charge in [-0.3, -0.25) is 4.90 Å². The fourth-order valence-corrected chi connectivity index (χ4v) is 4.68. The molecule has 0 unspecified atom stereocenters. The summed E-state index contributed by atoms with van der Waals surface area (Å²) >= 11 is 0. The van der Waals surface area contributed by atoms with E-state index in [-0.39, 0.29) is 34.6 Å². The molecular formula is C26H28F3N7. The number of benzene rings is 2. The monoisotopic (exact) mass is 495 g/mol. The van der Waals surface area contributed by atoms with Crippen LogP contribution in [0.2, 0.25) is 0 Å². The number of halogens is 3. The predicted octanol–water partition coefficient (Wildman–Crippen LogP) is 4.95. The maximum Gasteiger partial charge on any atom is 0.227 e. The number of aryl methyl sites for hydroxylation is 1. The van der Waals surface area contributed by atoms with E-state index in [2.05, 4.69) is 30.5 Å². The lowest BCUT2D eigenvalue weighted by Crippen LogP contribution is -2.43. The lowest BCUT2D eigenvalue weighted by Gasteiger charge is -2.27. The summed E-state index contributed by atoms with van der Waals surface area (Å²) in [6, 6.07) is 7.78. The van der Waals surface area contributed by atoms with Gasteiger partial charge in [-0.1, -0.05) is 6.07 Å². The van der Waals surface area contributed by atoms with Crippen LogP contribution < -0.4 is 10.6 Å². The molecule has 0 bridgehead atoms. The van der Waals surface area contributed by atoms with Crippen LogP contribution in [0.25, 0.3) is 22.3 Å². The molecule has 4 aromatic rings. The standard InChI is InChI=1S/C26H28F3N7/c1-15(2)36-16(3)32-25-21(28)10-18(11-23(25)36)24-22(29)13-31-26(34-24)33-19-5-4-17(20(27)12-19)14-35-8-6-30-7-9-35/h4-5,10-13,15,30H,6-9,14H2,1-3H3,(H,31,33,34). The molecule has 188 valence electrons. The molecule has 1 saturated heterocycles. The van der Waals surface area contributed by atoms with E-state index in [1.165, 1.54) is 12.1 Å². The number of nitrogens with one attached hydrogen (secondary N) is 2. The minimum Gasteiger partial charge on any atom is -0.326 e. The van der Waals surface area contributed by atoms with Gasteiger partial charge in [0.05, 0.1) is 11.7 Å². The van der Waals surface area contributed by atoms with Crippen molar-refractivity contribution in [1.29, 1.82) is 0 Å². The largest absolute Gasteiger partial charge is 0.326 e. The zero-order chi connectivity index (χ0) is 25.4. The summed E-state index contributed by atoms with van der Waals surface area (Å²) in [6.45, 7) is 9.81. The van der Waals surface area contributed by atoms with Gasteiger partial charge in [0.1, 0.15) is 22.9 Å². The number of imidazole rings is 1. The number of fused-ring (bicyclic) bond motifs is 1.